The lowest BCUT2D eigenvalue weighted by molar-refractivity contribution is 0.112. The molecule has 0 amide bonds. The van der Waals surface area contributed by atoms with Gasteiger partial charge in [-0.2, -0.15) is 0 Å². The third-order valence-corrected chi connectivity index (χ3v) is 3.30. The second-order valence-corrected chi connectivity index (χ2v) is 4.75. The fraction of sp³-hybridized carbons (Fsp3) is 0.0667. The Labute approximate surface area is 115 Å². The minimum absolute atomic E-state index is 0.617. The van der Waals surface area contributed by atoms with Gasteiger partial charge in [0, 0.05) is 28.4 Å². The number of benzene rings is 1. The zero-order chi connectivity index (χ0) is 13.2. The Balaban J connectivity index is 2.13. The lowest BCUT2D eigenvalue weighted by Gasteiger charge is -2.04. The number of nitrogens with zero attached hydrogens (tertiary/aromatic N) is 2. The molecule has 3 nitrogen and oxygen atoms in total. The van der Waals surface area contributed by atoms with E-state index in [1.165, 1.54) is 0 Å². The fourth-order valence-electron chi connectivity index (χ4n) is 2.18. The number of rotatable bonds is 3. The maximum absolute atomic E-state index is 11.1. The average molecular weight is 271 g/mol. The molecular weight excluding hydrogens is 260 g/mol. The summed E-state index contributed by atoms with van der Waals surface area (Å²) >= 11 is 6.03. The number of carbonyl (C=O) groups excluding carboxylic acids is 1. The van der Waals surface area contributed by atoms with Crippen molar-refractivity contribution in [2.45, 2.75) is 6.54 Å². The molecule has 2 heterocycles. The summed E-state index contributed by atoms with van der Waals surface area (Å²) in [5, 5.41) is 1.57. The van der Waals surface area contributed by atoms with E-state index in [-0.39, 0.29) is 0 Å². The molecule has 3 aromatic rings. The van der Waals surface area contributed by atoms with Gasteiger partial charge in [-0.1, -0.05) is 23.7 Å². The molecule has 0 saturated carbocycles. The summed E-state index contributed by atoms with van der Waals surface area (Å²) in [7, 11) is 0. The molecule has 0 N–H and O–H groups in total. The molecule has 4 heteroatoms. The Morgan fingerprint density at radius 1 is 1.26 bits per heavy atom. The van der Waals surface area contributed by atoms with Crippen LogP contribution < -0.4 is 0 Å². The number of halogens is 1. The van der Waals surface area contributed by atoms with E-state index in [0.29, 0.717) is 17.1 Å². The molecule has 0 atom stereocenters. The summed E-state index contributed by atoms with van der Waals surface area (Å²) in [5.41, 5.74) is 2.56. The van der Waals surface area contributed by atoms with E-state index in [2.05, 4.69) is 4.98 Å². The normalized spacial score (nSPS) is 10.8. The van der Waals surface area contributed by atoms with Gasteiger partial charge in [-0.05, 0) is 24.3 Å². The first-order valence-electron chi connectivity index (χ1n) is 5.91. The minimum atomic E-state index is 0.617. The summed E-state index contributed by atoms with van der Waals surface area (Å²) in [6.45, 7) is 0.617. The zero-order valence-electron chi connectivity index (χ0n) is 10.1. The molecule has 94 valence electrons. The molecule has 0 fully saturated rings. The Bertz CT molecular complexity index is 734. The molecule has 0 aliphatic rings. The molecule has 0 aliphatic carbocycles. The second kappa shape index (κ2) is 4.86. The number of aromatic nitrogens is 2. The molecule has 0 spiro atoms. The topological polar surface area (TPSA) is 34.9 Å². The van der Waals surface area contributed by atoms with Gasteiger partial charge in [-0.3, -0.25) is 9.78 Å². The molecule has 19 heavy (non-hydrogen) atoms. The number of carbonyl (C=O) groups is 1. The zero-order valence-corrected chi connectivity index (χ0v) is 10.8. The van der Waals surface area contributed by atoms with Crippen LogP contribution in [0.3, 0.4) is 0 Å². The van der Waals surface area contributed by atoms with Gasteiger partial charge in [-0.25, -0.2) is 0 Å². The van der Waals surface area contributed by atoms with Gasteiger partial charge >= 0.3 is 0 Å². The Morgan fingerprint density at radius 2 is 2.16 bits per heavy atom. The van der Waals surface area contributed by atoms with Crippen molar-refractivity contribution in [1.82, 2.24) is 9.55 Å². The Morgan fingerprint density at radius 3 is 2.89 bits per heavy atom. The second-order valence-electron chi connectivity index (χ2n) is 4.31. The van der Waals surface area contributed by atoms with Crippen LogP contribution in [-0.2, 0) is 6.54 Å². The van der Waals surface area contributed by atoms with Crippen molar-refractivity contribution in [3.63, 3.8) is 0 Å². The number of pyridine rings is 1. The number of hydrogen-bond donors (Lipinski definition) is 0. The van der Waals surface area contributed by atoms with Gasteiger partial charge in [0.25, 0.3) is 0 Å². The summed E-state index contributed by atoms with van der Waals surface area (Å²) in [4.78, 5) is 15.4. The van der Waals surface area contributed by atoms with Crippen molar-refractivity contribution in [1.29, 1.82) is 0 Å². The molecule has 3 rings (SSSR count). The van der Waals surface area contributed by atoms with Crippen molar-refractivity contribution in [2.24, 2.45) is 0 Å². The SMILES string of the molecule is O=Cc1cn(Cc2ccccn2)c2cc(Cl)ccc12. The van der Waals surface area contributed by atoms with Crippen molar-refractivity contribution >= 4 is 28.8 Å². The van der Waals surface area contributed by atoms with Crippen LogP contribution in [0.5, 0.6) is 0 Å². The fourth-order valence-corrected chi connectivity index (χ4v) is 2.35. The first-order valence-corrected chi connectivity index (χ1v) is 6.29. The van der Waals surface area contributed by atoms with Gasteiger partial charge in [0.15, 0.2) is 6.29 Å². The largest absolute Gasteiger partial charge is 0.341 e. The highest BCUT2D eigenvalue weighted by molar-refractivity contribution is 6.31. The lowest BCUT2D eigenvalue weighted by atomic mass is 10.2. The first-order chi connectivity index (χ1) is 9.28. The van der Waals surface area contributed by atoms with E-state index in [4.69, 9.17) is 11.6 Å². The van der Waals surface area contributed by atoms with Gasteiger partial charge in [0.1, 0.15) is 0 Å². The number of aldehydes is 1. The molecule has 0 aliphatic heterocycles. The maximum atomic E-state index is 11.1. The van der Waals surface area contributed by atoms with E-state index in [0.717, 1.165) is 22.9 Å². The lowest BCUT2D eigenvalue weighted by Crippen LogP contribution is -1.99. The molecule has 0 bridgehead atoms. The molecule has 0 unspecified atom stereocenters. The van der Waals surface area contributed by atoms with Gasteiger partial charge in [0.05, 0.1) is 17.8 Å². The smallest absolute Gasteiger partial charge is 0.152 e. The van der Waals surface area contributed by atoms with E-state index < -0.39 is 0 Å². The molecule has 0 saturated heterocycles. The minimum Gasteiger partial charge on any atom is -0.341 e. The van der Waals surface area contributed by atoms with Crippen LogP contribution in [0.2, 0.25) is 5.02 Å². The van der Waals surface area contributed by atoms with Crippen LogP contribution in [0.15, 0.2) is 48.8 Å². The Hall–Kier alpha value is -2.13. The third-order valence-electron chi connectivity index (χ3n) is 3.06. The summed E-state index contributed by atoms with van der Waals surface area (Å²) in [6, 6.07) is 11.3. The molecule has 0 radical (unpaired) electrons. The highest BCUT2D eigenvalue weighted by Gasteiger charge is 2.09. The van der Waals surface area contributed by atoms with Crippen LogP contribution in [0.25, 0.3) is 10.9 Å². The highest BCUT2D eigenvalue weighted by Crippen LogP contribution is 2.24. The quantitative estimate of drug-likeness (QED) is 0.682. The van der Waals surface area contributed by atoms with Crippen LogP contribution in [0.1, 0.15) is 16.1 Å². The monoisotopic (exact) mass is 270 g/mol. The summed E-state index contributed by atoms with van der Waals surface area (Å²) in [6.07, 6.45) is 4.46. The first kappa shape index (κ1) is 11.9. The molecule has 1 aromatic carbocycles. The van der Waals surface area contributed by atoms with E-state index in [1.807, 2.05) is 41.1 Å². The standard InChI is InChI=1S/C15H11ClN2O/c16-12-4-5-14-11(10-19)8-18(15(14)7-12)9-13-3-1-2-6-17-13/h1-8,10H,9H2. The Kier molecular flexibility index (Phi) is 3.05. The van der Waals surface area contributed by atoms with Crippen LogP contribution in [0, 0.1) is 0 Å². The van der Waals surface area contributed by atoms with Crippen molar-refractivity contribution in [3.05, 3.63) is 65.1 Å². The van der Waals surface area contributed by atoms with Gasteiger partial charge < -0.3 is 4.57 Å². The van der Waals surface area contributed by atoms with Crippen LogP contribution in [0.4, 0.5) is 0 Å². The predicted molar refractivity (Wildman–Crippen MR) is 75.7 cm³/mol. The maximum Gasteiger partial charge on any atom is 0.152 e. The van der Waals surface area contributed by atoms with Gasteiger partial charge in [-0.15, -0.1) is 0 Å². The third kappa shape index (κ3) is 2.25. The number of hydrogen-bond acceptors (Lipinski definition) is 2. The van der Waals surface area contributed by atoms with E-state index >= 15 is 0 Å². The number of fused-ring (bicyclic) bond motifs is 1. The summed E-state index contributed by atoms with van der Waals surface area (Å²) < 4.78 is 1.99. The van der Waals surface area contributed by atoms with Crippen LogP contribution >= 0.6 is 11.6 Å². The van der Waals surface area contributed by atoms with Gasteiger partial charge in [0.2, 0.25) is 0 Å². The van der Waals surface area contributed by atoms with Crippen LogP contribution in [-0.4, -0.2) is 15.8 Å². The van der Waals surface area contributed by atoms with E-state index in [9.17, 15) is 4.79 Å². The van der Waals surface area contributed by atoms with Crippen molar-refractivity contribution in [2.75, 3.05) is 0 Å². The molecule has 2 aromatic heterocycles. The summed E-state index contributed by atoms with van der Waals surface area (Å²) in [5.74, 6) is 0. The highest BCUT2D eigenvalue weighted by atomic mass is 35.5. The van der Waals surface area contributed by atoms with Crippen molar-refractivity contribution in [3.8, 4) is 0 Å². The predicted octanol–water partition coefficient (Wildman–Crippen LogP) is 3.55. The molecular formula is C15H11ClN2O. The average Bonchev–Trinajstić information content (AvgIpc) is 2.77. The van der Waals surface area contributed by atoms with E-state index in [1.54, 1.807) is 12.3 Å². The van der Waals surface area contributed by atoms with Crippen molar-refractivity contribution < 1.29 is 4.79 Å².